The Morgan fingerprint density at radius 3 is 2.21 bits per heavy atom. The highest BCUT2D eigenvalue weighted by atomic mass is 32.2. The molecule has 0 spiro atoms. The van der Waals surface area contributed by atoms with Crippen LogP contribution in [0.1, 0.15) is 33.7 Å². The third-order valence-electron chi connectivity index (χ3n) is 5.46. The molecule has 1 unspecified atom stereocenters. The molecule has 148 valence electrons. The van der Waals surface area contributed by atoms with Crippen molar-refractivity contribution in [2.75, 3.05) is 6.54 Å². The number of aryl methyl sites for hydroxylation is 2. The van der Waals surface area contributed by atoms with Gasteiger partial charge in [-0.05, 0) is 42.7 Å². The zero-order valence-electron chi connectivity index (χ0n) is 16.5. The van der Waals surface area contributed by atoms with Gasteiger partial charge in [0.15, 0.2) is 0 Å². The molecular formula is C24H23NO3S. The van der Waals surface area contributed by atoms with E-state index in [0.717, 1.165) is 32.1 Å². The van der Waals surface area contributed by atoms with Crippen LogP contribution in [0.25, 0.3) is 0 Å². The second-order valence-electron chi connectivity index (χ2n) is 7.59. The Balaban J connectivity index is 1.84. The maximum absolute atomic E-state index is 13.4. The fourth-order valence-electron chi connectivity index (χ4n) is 3.86. The minimum absolute atomic E-state index is 0.0735. The largest absolute Gasteiger partial charge is 0.273 e. The lowest BCUT2D eigenvalue weighted by Gasteiger charge is -2.25. The first kappa shape index (κ1) is 19.4. The number of nitrogens with zero attached hydrogens (tertiary/aromatic N) is 1. The first-order chi connectivity index (χ1) is 13.9. The molecule has 0 radical (unpaired) electrons. The standard InChI is InChI=1S/C24H23NO3S/c1-17-9-12-21(13-10-17)29(27,28)25-16-23(19-6-4-3-5-7-19)22-14-18(2)8-11-20(22)15-24(25)26/h3-14,23H,15-16H2,1-2H3. The zero-order valence-corrected chi connectivity index (χ0v) is 17.3. The molecule has 0 saturated carbocycles. The molecule has 0 N–H and O–H groups in total. The average Bonchev–Trinajstić information content (AvgIpc) is 2.85. The Morgan fingerprint density at radius 1 is 0.862 bits per heavy atom. The second kappa shape index (κ2) is 7.48. The minimum Gasteiger partial charge on any atom is -0.273 e. The zero-order chi connectivity index (χ0) is 20.6. The van der Waals surface area contributed by atoms with Gasteiger partial charge in [0.25, 0.3) is 10.0 Å². The SMILES string of the molecule is Cc1ccc(S(=O)(=O)N2CC(c3ccccc3)c3cc(C)ccc3CC2=O)cc1. The van der Waals surface area contributed by atoms with E-state index in [9.17, 15) is 13.2 Å². The van der Waals surface area contributed by atoms with Crippen LogP contribution in [0.5, 0.6) is 0 Å². The van der Waals surface area contributed by atoms with Gasteiger partial charge in [-0.2, -0.15) is 0 Å². The first-order valence-corrected chi connectivity index (χ1v) is 11.1. The van der Waals surface area contributed by atoms with Crippen molar-refractivity contribution in [1.82, 2.24) is 4.31 Å². The Hall–Kier alpha value is -2.92. The van der Waals surface area contributed by atoms with Crippen molar-refractivity contribution in [2.45, 2.75) is 31.1 Å². The van der Waals surface area contributed by atoms with E-state index < -0.39 is 15.9 Å². The number of carbonyl (C=O) groups is 1. The highest BCUT2D eigenvalue weighted by Crippen LogP contribution is 2.34. The summed E-state index contributed by atoms with van der Waals surface area (Å²) in [5.74, 6) is -0.605. The number of hydrogen-bond acceptors (Lipinski definition) is 3. The van der Waals surface area contributed by atoms with Gasteiger partial charge in [-0.15, -0.1) is 0 Å². The summed E-state index contributed by atoms with van der Waals surface area (Å²) in [4.78, 5) is 13.2. The second-order valence-corrected chi connectivity index (χ2v) is 9.45. The minimum atomic E-state index is -3.94. The summed E-state index contributed by atoms with van der Waals surface area (Å²) in [5.41, 5.74) is 4.96. The molecule has 0 bridgehead atoms. The van der Waals surface area contributed by atoms with Crippen LogP contribution in [0, 0.1) is 13.8 Å². The molecule has 4 nitrogen and oxygen atoms in total. The normalized spacial score (nSPS) is 17.0. The van der Waals surface area contributed by atoms with Crippen LogP contribution in [-0.4, -0.2) is 25.2 Å². The molecule has 0 saturated heterocycles. The summed E-state index contributed by atoms with van der Waals surface area (Å²) in [5, 5.41) is 0. The smallest absolute Gasteiger partial charge is 0.266 e. The maximum atomic E-state index is 13.4. The highest BCUT2D eigenvalue weighted by molar-refractivity contribution is 7.89. The predicted octanol–water partition coefficient (Wildman–Crippen LogP) is 4.21. The third-order valence-corrected chi connectivity index (χ3v) is 7.26. The fraction of sp³-hybridized carbons (Fsp3) is 0.208. The van der Waals surface area contributed by atoms with Gasteiger partial charge >= 0.3 is 0 Å². The lowest BCUT2D eigenvalue weighted by atomic mass is 9.87. The molecule has 1 atom stereocenters. The molecule has 29 heavy (non-hydrogen) atoms. The Kier molecular flexibility index (Phi) is 5.01. The van der Waals surface area contributed by atoms with Crippen molar-refractivity contribution in [3.63, 3.8) is 0 Å². The molecular weight excluding hydrogens is 382 g/mol. The molecule has 0 aliphatic carbocycles. The lowest BCUT2D eigenvalue weighted by Crippen LogP contribution is -2.39. The molecule has 3 aromatic carbocycles. The van der Waals surface area contributed by atoms with Crippen molar-refractivity contribution < 1.29 is 13.2 Å². The summed E-state index contributed by atoms with van der Waals surface area (Å²) in [6, 6.07) is 22.4. The summed E-state index contributed by atoms with van der Waals surface area (Å²) < 4.78 is 27.8. The van der Waals surface area contributed by atoms with E-state index in [-0.39, 0.29) is 23.8 Å². The number of amides is 1. The molecule has 3 aromatic rings. The van der Waals surface area contributed by atoms with Gasteiger partial charge in [0.05, 0.1) is 11.3 Å². The third kappa shape index (κ3) is 3.70. The fourth-order valence-corrected chi connectivity index (χ4v) is 5.27. The summed E-state index contributed by atoms with van der Waals surface area (Å²) in [7, 11) is -3.94. The van der Waals surface area contributed by atoms with Gasteiger partial charge in [0.1, 0.15) is 0 Å². The van der Waals surface area contributed by atoms with Gasteiger partial charge in [0.2, 0.25) is 5.91 Å². The van der Waals surface area contributed by atoms with E-state index in [1.54, 1.807) is 24.3 Å². The molecule has 1 amide bonds. The summed E-state index contributed by atoms with van der Waals surface area (Å²) >= 11 is 0. The van der Waals surface area contributed by atoms with Crippen molar-refractivity contribution in [2.24, 2.45) is 0 Å². The van der Waals surface area contributed by atoms with Crippen molar-refractivity contribution in [3.8, 4) is 0 Å². The van der Waals surface area contributed by atoms with Gasteiger partial charge in [-0.1, -0.05) is 71.8 Å². The van der Waals surface area contributed by atoms with Crippen molar-refractivity contribution >= 4 is 15.9 Å². The van der Waals surface area contributed by atoms with Crippen LogP contribution in [0.15, 0.2) is 77.7 Å². The summed E-state index contributed by atoms with van der Waals surface area (Å²) in [6.45, 7) is 4.00. The number of benzene rings is 3. The van der Waals surface area contributed by atoms with E-state index in [2.05, 4.69) is 6.07 Å². The topological polar surface area (TPSA) is 54.5 Å². The Bertz CT molecular complexity index is 1150. The molecule has 1 aliphatic rings. The number of rotatable bonds is 3. The first-order valence-electron chi connectivity index (χ1n) is 9.63. The predicted molar refractivity (Wildman–Crippen MR) is 113 cm³/mol. The highest BCUT2D eigenvalue weighted by Gasteiger charge is 2.36. The van der Waals surface area contributed by atoms with Crippen molar-refractivity contribution in [1.29, 1.82) is 0 Å². The van der Waals surface area contributed by atoms with E-state index in [4.69, 9.17) is 0 Å². The van der Waals surface area contributed by atoms with E-state index >= 15 is 0 Å². The maximum Gasteiger partial charge on any atom is 0.266 e. The number of carbonyl (C=O) groups excluding carboxylic acids is 1. The molecule has 4 rings (SSSR count). The quantitative estimate of drug-likeness (QED) is 0.656. The molecule has 0 aromatic heterocycles. The lowest BCUT2D eigenvalue weighted by molar-refractivity contribution is -0.125. The molecule has 1 aliphatic heterocycles. The van der Waals surface area contributed by atoms with Crippen LogP contribution in [-0.2, 0) is 21.2 Å². The monoisotopic (exact) mass is 405 g/mol. The number of hydrogen-bond donors (Lipinski definition) is 0. The van der Waals surface area contributed by atoms with E-state index in [1.807, 2.05) is 56.3 Å². The van der Waals surface area contributed by atoms with Crippen LogP contribution >= 0.6 is 0 Å². The van der Waals surface area contributed by atoms with Crippen LogP contribution < -0.4 is 0 Å². The number of fused-ring (bicyclic) bond motifs is 1. The van der Waals surface area contributed by atoms with Gasteiger partial charge in [0, 0.05) is 12.5 Å². The molecule has 5 heteroatoms. The molecule has 0 fully saturated rings. The van der Waals surface area contributed by atoms with Crippen LogP contribution in [0.2, 0.25) is 0 Å². The Labute approximate surface area is 171 Å². The summed E-state index contributed by atoms with van der Waals surface area (Å²) in [6.07, 6.45) is 0.0735. The number of sulfonamides is 1. The van der Waals surface area contributed by atoms with Crippen LogP contribution in [0.3, 0.4) is 0 Å². The van der Waals surface area contributed by atoms with E-state index in [1.165, 1.54) is 0 Å². The van der Waals surface area contributed by atoms with E-state index in [0.29, 0.717) is 0 Å². The Morgan fingerprint density at radius 2 is 1.52 bits per heavy atom. The van der Waals surface area contributed by atoms with Gasteiger partial charge < -0.3 is 0 Å². The van der Waals surface area contributed by atoms with Crippen LogP contribution in [0.4, 0.5) is 0 Å². The van der Waals surface area contributed by atoms with Crippen molar-refractivity contribution in [3.05, 3.63) is 101 Å². The van der Waals surface area contributed by atoms with Gasteiger partial charge in [-0.25, -0.2) is 12.7 Å². The van der Waals surface area contributed by atoms with Gasteiger partial charge in [-0.3, -0.25) is 4.79 Å². The molecule has 1 heterocycles. The average molecular weight is 406 g/mol.